The molecule has 0 saturated carbocycles. The molecule has 1 aromatic carbocycles. The maximum atomic E-state index is 5.88. The number of ether oxygens (including phenoxy) is 1. The molecule has 0 aliphatic carbocycles. The third-order valence-corrected chi connectivity index (χ3v) is 6.66. The van der Waals surface area contributed by atoms with Crippen LogP contribution in [-0.4, -0.2) is 26.8 Å². The van der Waals surface area contributed by atoms with Crippen molar-refractivity contribution in [3.05, 3.63) is 101 Å². The van der Waals surface area contributed by atoms with Crippen molar-refractivity contribution < 1.29 is 4.74 Å². The number of hydrogen-bond donors (Lipinski definition) is 1. The van der Waals surface area contributed by atoms with E-state index >= 15 is 0 Å². The van der Waals surface area contributed by atoms with Gasteiger partial charge in [0.15, 0.2) is 5.11 Å². The Labute approximate surface area is 205 Å². The van der Waals surface area contributed by atoms with Gasteiger partial charge in [-0.05, 0) is 86.6 Å². The van der Waals surface area contributed by atoms with Gasteiger partial charge in [-0.15, -0.1) is 0 Å². The SMILES string of the molecule is COc1cccc(N2C(=S)N[C@H](c3ccccn3)[C@@H]2c2cc(C)n(-c3cc(C)ccn3)c2C)c1. The minimum atomic E-state index is -0.112. The van der Waals surface area contributed by atoms with E-state index in [-0.39, 0.29) is 12.1 Å². The lowest BCUT2D eigenvalue weighted by molar-refractivity contribution is 0.415. The average molecular weight is 470 g/mol. The van der Waals surface area contributed by atoms with E-state index in [9.17, 15) is 0 Å². The summed E-state index contributed by atoms with van der Waals surface area (Å²) >= 11 is 5.88. The fourth-order valence-corrected chi connectivity index (χ4v) is 5.14. The van der Waals surface area contributed by atoms with Crippen LogP contribution in [0.3, 0.4) is 0 Å². The lowest BCUT2D eigenvalue weighted by Crippen LogP contribution is -2.29. The molecule has 4 heterocycles. The summed E-state index contributed by atoms with van der Waals surface area (Å²) in [7, 11) is 1.68. The largest absolute Gasteiger partial charge is 0.497 e. The molecule has 3 aromatic heterocycles. The van der Waals surface area contributed by atoms with Crippen LogP contribution < -0.4 is 15.0 Å². The molecule has 1 saturated heterocycles. The van der Waals surface area contributed by atoms with Crippen molar-refractivity contribution in [3.63, 3.8) is 0 Å². The van der Waals surface area contributed by atoms with Crippen molar-refractivity contribution in [1.29, 1.82) is 0 Å². The first-order chi connectivity index (χ1) is 16.5. The maximum Gasteiger partial charge on any atom is 0.174 e. The zero-order chi connectivity index (χ0) is 23.8. The van der Waals surface area contributed by atoms with Crippen molar-refractivity contribution in [1.82, 2.24) is 19.9 Å². The van der Waals surface area contributed by atoms with Crippen LogP contribution in [0.15, 0.2) is 73.1 Å². The van der Waals surface area contributed by atoms with E-state index in [4.69, 9.17) is 17.0 Å². The number of aryl methyl sites for hydroxylation is 2. The van der Waals surface area contributed by atoms with Gasteiger partial charge in [-0.25, -0.2) is 4.98 Å². The van der Waals surface area contributed by atoms with Gasteiger partial charge in [0.2, 0.25) is 0 Å². The van der Waals surface area contributed by atoms with Crippen LogP contribution in [0.25, 0.3) is 5.82 Å². The molecular formula is C27H27N5OS. The first kappa shape index (κ1) is 22.1. The van der Waals surface area contributed by atoms with Gasteiger partial charge in [-0.3, -0.25) is 4.98 Å². The van der Waals surface area contributed by atoms with Crippen LogP contribution in [0, 0.1) is 20.8 Å². The summed E-state index contributed by atoms with van der Waals surface area (Å²) in [6, 6.07) is 20.1. The molecule has 0 amide bonds. The normalized spacial score (nSPS) is 17.6. The zero-order valence-corrected chi connectivity index (χ0v) is 20.5. The molecule has 172 valence electrons. The molecule has 1 aliphatic heterocycles. The lowest BCUT2D eigenvalue weighted by Gasteiger charge is -2.28. The number of pyridine rings is 2. The standard InChI is InChI=1S/C27H27N5OS/c1-17-11-13-29-24(14-17)31-18(2)15-22(19(31)3)26-25(23-10-5-6-12-28-23)30-27(34)32(26)20-8-7-9-21(16-20)33-4/h5-16,25-26H,1-4H3,(H,30,34)/t25-,26+/m1/s1. The van der Waals surface area contributed by atoms with Crippen LogP contribution >= 0.6 is 12.2 Å². The second kappa shape index (κ2) is 8.91. The van der Waals surface area contributed by atoms with Crippen LogP contribution in [0.5, 0.6) is 5.75 Å². The molecule has 1 fully saturated rings. The van der Waals surface area contributed by atoms with Gasteiger partial charge in [-0.2, -0.15) is 0 Å². The van der Waals surface area contributed by atoms with Gasteiger partial charge >= 0.3 is 0 Å². The van der Waals surface area contributed by atoms with Crippen LogP contribution in [0.4, 0.5) is 5.69 Å². The zero-order valence-electron chi connectivity index (χ0n) is 19.7. The smallest absolute Gasteiger partial charge is 0.174 e. The van der Waals surface area contributed by atoms with Crippen molar-refractivity contribution >= 4 is 23.0 Å². The van der Waals surface area contributed by atoms with E-state index in [1.165, 1.54) is 11.1 Å². The summed E-state index contributed by atoms with van der Waals surface area (Å²) in [6.07, 6.45) is 3.68. The lowest BCUT2D eigenvalue weighted by atomic mass is 9.96. The Hall–Kier alpha value is -3.71. The molecule has 0 spiro atoms. The maximum absolute atomic E-state index is 5.88. The average Bonchev–Trinajstić information content (AvgIpc) is 3.34. The number of nitrogens with zero attached hydrogens (tertiary/aromatic N) is 4. The van der Waals surface area contributed by atoms with Crippen molar-refractivity contribution in [2.24, 2.45) is 0 Å². The highest BCUT2D eigenvalue weighted by Gasteiger charge is 2.42. The topological polar surface area (TPSA) is 55.2 Å². The number of aromatic nitrogens is 3. The highest BCUT2D eigenvalue weighted by Crippen LogP contribution is 2.44. The third kappa shape index (κ3) is 3.82. The summed E-state index contributed by atoms with van der Waals surface area (Å²) in [5.41, 5.74) is 6.51. The third-order valence-electron chi connectivity index (χ3n) is 6.35. The number of hydrogen-bond acceptors (Lipinski definition) is 4. The number of anilines is 1. The Morgan fingerprint density at radius 2 is 1.79 bits per heavy atom. The second-order valence-electron chi connectivity index (χ2n) is 8.55. The summed E-state index contributed by atoms with van der Waals surface area (Å²) in [6.45, 7) is 6.35. The Morgan fingerprint density at radius 1 is 0.941 bits per heavy atom. The number of thiocarbonyl (C=S) groups is 1. The van der Waals surface area contributed by atoms with E-state index in [1.54, 1.807) is 7.11 Å². The van der Waals surface area contributed by atoms with Gasteiger partial charge in [-0.1, -0.05) is 12.1 Å². The van der Waals surface area contributed by atoms with Crippen LogP contribution in [0.2, 0.25) is 0 Å². The quantitative estimate of drug-likeness (QED) is 0.396. The minimum Gasteiger partial charge on any atom is -0.497 e. The monoisotopic (exact) mass is 469 g/mol. The first-order valence-electron chi connectivity index (χ1n) is 11.2. The molecular weight excluding hydrogens is 442 g/mol. The molecule has 0 radical (unpaired) electrons. The predicted octanol–water partition coefficient (Wildman–Crippen LogP) is 5.38. The van der Waals surface area contributed by atoms with Gasteiger partial charge in [0, 0.05) is 35.5 Å². The molecule has 2 atom stereocenters. The van der Waals surface area contributed by atoms with Gasteiger partial charge in [0.25, 0.3) is 0 Å². The molecule has 5 rings (SSSR count). The number of rotatable bonds is 5. The van der Waals surface area contributed by atoms with Crippen LogP contribution in [-0.2, 0) is 0 Å². The Balaban J connectivity index is 1.69. The fraction of sp³-hybridized carbons (Fsp3) is 0.222. The molecule has 7 heteroatoms. The highest BCUT2D eigenvalue weighted by atomic mass is 32.1. The second-order valence-corrected chi connectivity index (χ2v) is 8.94. The summed E-state index contributed by atoms with van der Waals surface area (Å²) in [4.78, 5) is 11.5. The number of nitrogens with one attached hydrogen (secondary N) is 1. The number of benzene rings is 1. The fourth-order valence-electron chi connectivity index (χ4n) is 4.79. The van der Waals surface area contributed by atoms with E-state index in [0.717, 1.165) is 34.3 Å². The Kier molecular flexibility index (Phi) is 5.79. The van der Waals surface area contributed by atoms with E-state index in [1.807, 2.05) is 54.9 Å². The van der Waals surface area contributed by atoms with Gasteiger partial charge in [0.05, 0.1) is 24.9 Å². The summed E-state index contributed by atoms with van der Waals surface area (Å²) in [5, 5.41) is 4.20. The molecule has 6 nitrogen and oxygen atoms in total. The van der Waals surface area contributed by atoms with Crippen LogP contribution in [0.1, 0.15) is 40.3 Å². The molecule has 1 aliphatic rings. The minimum absolute atomic E-state index is 0.0979. The van der Waals surface area contributed by atoms with E-state index in [0.29, 0.717) is 5.11 Å². The molecule has 4 aromatic rings. The first-order valence-corrected chi connectivity index (χ1v) is 11.7. The van der Waals surface area contributed by atoms with Gasteiger partial charge in [0.1, 0.15) is 11.6 Å². The molecule has 1 N–H and O–H groups in total. The highest BCUT2D eigenvalue weighted by molar-refractivity contribution is 7.80. The van der Waals surface area contributed by atoms with Crippen molar-refractivity contribution in [2.45, 2.75) is 32.9 Å². The summed E-state index contributed by atoms with van der Waals surface area (Å²) < 4.78 is 7.71. The van der Waals surface area contributed by atoms with E-state index in [2.05, 4.69) is 63.7 Å². The molecule has 0 unspecified atom stereocenters. The van der Waals surface area contributed by atoms with Gasteiger partial charge < -0.3 is 19.5 Å². The van der Waals surface area contributed by atoms with Crippen molar-refractivity contribution in [2.75, 3.05) is 12.0 Å². The Bertz CT molecular complexity index is 1350. The van der Waals surface area contributed by atoms with Crippen molar-refractivity contribution in [3.8, 4) is 11.6 Å². The predicted molar refractivity (Wildman–Crippen MR) is 139 cm³/mol. The summed E-state index contributed by atoms with van der Waals surface area (Å²) in [5.74, 6) is 1.70. The number of methoxy groups -OCH3 is 1. The van der Waals surface area contributed by atoms with E-state index < -0.39 is 0 Å². The Morgan fingerprint density at radius 3 is 2.53 bits per heavy atom. The molecule has 0 bridgehead atoms. The molecule has 34 heavy (non-hydrogen) atoms.